The van der Waals surface area contributed by atoms with Crippen molar-refractivity contribution < 1.29 is 44.8 Å². The summed E-state index contributed by atoms with van der Waals surface area (Å²) in [6, 6.07) is 7.22. The molecule has 3 heterocycles. The van der Waals surface area contributed by atoms with Gasteiger partial charge < -0.3 is 44.8 Å². The third-order valence-electron chi connectivity index (χ3n) is 10.7. The first-order valence-electron chi connectivity index (χ1n) is 16.9. The zero-order valence-electron chi connectivity index (χ0n) is 27.1. The van der Waals surface area contributed by atoms with Crippen molar-refractivity contribution in [3.8, 4) is 17.8 Å². The lowest BCUT2D eigenvalue weighted by molar-refractivity contribution is -0.334. The van der Waals surface area contributed by atoms with Crippen molar-refractivity contribution in [2.75, 3.05) is 6.61 Å². The molecule has 2 bridgehead atoms. The molecule has 1 saturated carbocycles. The smallest absolute Gasteiger partial charge is 0.232 e. The van der Waals surface area contributed by atoms with Gasteiger partial charge in [0.05, 0.1) is 11.7 Å². The fourth-order valence-corrected chi connectivity index (χ4v) is 8.22. The van der Waals surface area contributed by atoms with Crippen LogP contribution in [0.25, 0.3) is 0 Å². The van der Waals surface area contributed by atoms with Crippen LogP contribution in [0.4, 0.5) is 0 Å². The van der Waals surface area contributed by atoms with E-state index in [4.69, 9.17) is 14.2 Å². The molecule has 0 spiro atoms. The van der Waals surface area contributed by atoms with Crippen molar-refractivity contribution in [2.45, 2.75) is 120 Å². The van der Waals surface area contributed by atoms with E-state index in [0.29, 0.717) is 30.9 Å². The fraction of sp³-hybridized carbons (Fsp3) is 0.676. The summed E-state index contributed by atoms with van der Waals surface area (Å²) in [7, 11) is 0. The largest absolute Gasteiger partial charge is 0.462 e. The van der Waals surface area contributed by atoms with E-state index in [0.717, 1.165) is 24.8 Å². The Bertz CT molecular complexity index is 1250. The molecule has 6 rings (SSSR count). The number of fused-ring (bicyclic) bond motifs is 9. The highest BCUT2D eigenvalue weighted by molar-refractivity contribution is 5.29. The molecule has 9 heteroatoms. The quantitative estimate of drug-likeness (QED) is 0.167. The number of aliphatic hydroxyl groups is 6. The molecule has 12 atom stereocenters. The lowest BCUT2D eigenvalue weighted by Gasteiger charge is -2.51. The minimum absolute atomic E-state index is 0.0225. The third-order valence-corrected chi connectivity index (χ3v) is 10.7. The molecule has 0 amide bonds. The minimum Gasteiger partial charge on any atom is -0.462 e. The van der Waals surface area contributed by atoms with Gasteiger partial charge in [-0.05, 0) is 92.7 Å². The second-order valence-corrected chi connectivity index (χ2v) is 14.3. The van der Waals surface area contributed by atoms with Gasteiger partial charge in [0, 0.05) is 18.9 Å². The number of hydrogen-bond donors (Lipinski definition) is 6. The van der Waals surface area contributed by atoms with Crippen molar-refractivity contribution in [1.82, 2.24) is 0 Å². The van der Waals surface area contributed by atoms with Crippen molar-refractivity contribution in [3.63, 3.8) is 0 Å². The highest BCUT2D eigenvalue weighted by Gasteiger charge is 2.60. The minimum atomic E-state index is -2.16. The third kappa shape index (κ3) is 7.19. The van der Waals surface area contributed by atoms with Gasteiger partial charge >= 0.3 is 0 Å². The fourth-order valence-electron chi connectivity index (χ4n) is 8.22. The Morgan fingerprint density at radius 2 is 1.83 bits per heavy atom. The van der Waals surface area contributed by atoms with Crippen LogP contribution in [0.3, 0.4) is 0 Å². The average Bonchev–Trinajstić information content (AvgIpc) is 3.34. The van der Waals surface area contributed by atoms with Gasteiger partial charge in [-0.1, -0.05) is 50.1 Å². The molecular weight excluding hydrogens is 588 g/mol. The highest BCUT2D eigenvalue weighted by Crippen LogP contribution is 2.53. The molecule has 6 N–H and O–H groups in total. The molecule has 2 fully saturated rings. The SMILES string of the molecule is C=CCc1ccc(O[C@H]2O[C@H]3[C@@H](O)[C@H](O)[C@]2(O)C[C@H]([C@@H]2C=C[C@H]4CC[C@@H](CC(C)C)[C@@]4(O)C2)[C@@H](O)CC#CO[C@@H]3CCCO)cc1. The maximum absolute atomic E-state index is 12.4. The molecule has 5 aliphatic rings. The molecule has 254 valence electrons. The van der Waals surface area contributed by atoms with Gasteiger partial charge in [-0.3, -0.25) is 0 Å². The van der Waals surface area contributed by atoms with Gasteiger partial charge in [0.25, 0.3) is 0 Å². The lowest BCUT2D eigenvalue weighted by atomic mass is 9.65. The number of rotatable bonds is 10. The van der Waals surface area contributed by atoms with Crippen LogP contribution in [0.1, 0.15) is 70.8 Å². The molecule has 1 saturated heterocycles. The van der Waals surface area contributed by atoms with Crippen molar-refractivity contribution in [3.05, 3.63) is 54.6 Å². The molecule has 0 radical (unpaired) electrons. The number of aliphatic hydroxyl groups excluding tert-OH is 4. The Morgan fingerprint density at radius 1 is 1.07 bits per heavy atom. The van der Waals surface area contributed by atoms with E-state index < -0.39 is 53.9 Å². The number of allylic oxidation sites excluding steroid dienone is 2. The molecule has 46 heavy (non-hydrogen) atoms. The van der Waals surface area contributed by atoms with Crippen LogP contribution in [0, 0.1) is 41.6 Å². The predicted molar refractivity (Wildman–Crippen MR) is 172 cm³/mol. The molecule has 0 aromatic heterocycles. The monoisotopic (exact) mass is 640 g/mol. The summed E-state index contributed by atoms with van der Waals surface area (Å²) in [5, 5.41) is 68.8. The topological polar surface area (TPSA) is 149 Å². The van der Waals surface area contributed by atoms with E-state index in [-0.39, 0.29) is 43.6 Å². The Kier molecular flexibility index (Phi) is 11.2. The molecule has 0 unspecified atom stereocenters. The van der Waals surface area contributed by atoms with E-state index in [2.05, 4.69) is 38.5 Å². The first-order valence-corrected chi connectivity index (χ1v) is 16.9. The number of benzene rings is 1. The van der Waals surface area contributed by atoms with Crippen LogP contribution in [-0.4, -0.2) is 85.3 Å². The lowest BCUT2D eigenvalue weighted by Crippen LogP contribution is -2.70. The number of hydrogen-bond acceptors (Lipinski definition) is 9. The van der Waals surface area contributed by atoms with E-state index in [1.807, 2.05) is 18.2 Å². The van der Waals surface area contributed by atoms with E-state index in [1.165, 1.54) is 0 Å². The molecular formula is C37H52O9. The van der Waals surface area contributed by atoms with E-state index in [9.17, 15) is 30.6 Å². The molecule has 2 aliphatic carbocycles. The van der Waals surface area contributed by atoms with Gasteiger partial charge in [0.15, 0.2) is 5.60 Å². The molecule has 1 aromatic carbocycles. The van der Waals surface area contributed by atoms with E-state index in [1.54, 1.807) is 18.2 Å². The Balaban J connectivity index is 1.51. The van der Waals surface area contributed by atoms with Gasteiger partial charge in [0.1, 0.15) is 36.3 Å². The van der Waals surface area contributed by atoms with Crippen molar-refractivity contribution >= 4 is 0 Å². The summed E-state index contributed by atoms with van der Waals surface area (Å²) in [5.41, 5.74) is -2.09. The first kappa shape index (κ1) is 34.9. The van der Waals surface area contributed by atoms with Crippen LogP contribution >= 0.6 is 0 Å². The zero-order valence-corrected chi connectivity index (χ0v) is 27.1. The summed E-state index contributed by atoms with van der Waals surface area (Å²) < 4.78 is 18.4. The van der Waals surface area contributed by atoms with Gasteiger partial charge in [-0.25, -0.2) is 0 Å². The maximum atomic E-state index is 12.4. The predicted octanol–water partition coefficient (Wildman–Crippen LogP) is 3.24. The Morgan fingerprint density at radius 3 is 2.52 bits per heavy atom. The van der Waals surface area contributed by atoms with Crippen LogP contribution in [0.5, 0.6) is 5.75 Å². The highest BCUT2D eigenvalue weighted by atomic mass is 16.7. The number of ether oxygens (including phenoxy) is 3. The second-order valence-electron chi connectivity index (χ2n) is 14.3. The summed E-state index contributed by atoms with van der Waals surface area (Å²) >= 11 is 0. The summed E-state index contributed by atoms with van der Waals surface area (Å²) in [5.74, 6) is 2.82. The van der Waals surface area contributed by atoms with Crippen molar-refractivity contribution in [2.24, 2.45) is 29.6 Å². The molecule has 1 aromatic rings. The van der Waals surface area contributed by atoms with Crippen LogP contribution in [0.15, 0.2) is 49.1 Å². The summed E-state index contributed by atoms with van der Waals surface area (Å²) in [6.07, 6.45) is 4.95. The maximum Gasteiger partial charge on any atom is 0.232 e. The Hall–Kier alpha value is -2.42. The zero-order chi connectivity index (χ0) is 33.1. The first-order chi connectivity index (χ1) is 22.0. The molecule has 9 nitrogen and oxygen atoms in total. The normalized spacial score (nSPS) is 40.6. The standard InChI is InChI=1S/C37H52O9/c1-4-7-24-10-16-28(17-11-24)45-35-37(43)22-29(25-12-13-26-14-15-27(20-23(2)3)36(26,42)21-25)30(39)8-6-19-44-31(9-5-18-38)33(46-35)32(40)34(37)41/h4,10-13,16-17,23,25-27,29-35,38-43H,1,5,7-9,14-15,18,20-22H2,2-3H3/t25-,26+,27+,29-,30+,31-,32-,33-,34+,35+,36-,37-/m1/s1. The van der Waals surface area contributed by atoms with Crippen LogP contribution in [0.2, 0.25) is 0 Å². The van der Waals surface area contributed by atoms with Gasteiger partial charge in [-0.15, -0.1) is 6.58 Å². The average molecular weight is 641 g/mol. The molecule has 3 aliphatic heterocycles. The van der Waals surface area contributed by atoms with Crippen LogP contribution < -0.4 is 4.74 Å². The second kappa shape index (κ2) is 14.8. The summed E-state index contributed by atoms with van der Waals surface area (Å²) in [6.45, 7) is 7.97. The van der Waals surface area contributed by atoms with Crippen LogP contribution in [-0.2, 0) is 15.9 Å². The Labute approximate surface area is 272 Å². The van der Waals surface area contributed by atoms with Gasteiger partial charge in [0.2, 0.25) is 6.29 Å². The van der Waals surface area contributed by atoms with Gasteiger partial charge in [-0.2, -0.15) is 0 Å². The van der Waals surface area contributed by atoms with E-state index >= 15 is 0 Å². The summed E-state index contributed by atoms with van der Waals surface area (Å²) in [4.78, 5) is 0. The van der Waals surface area contributed by atoms with Crippen molar-refractivity contribution in [1.29, 1.82) is 0 Å².